The lowest BCUT2D eigenvalue weighted by atomic mass is 10.2. The van der Waals surface area contributed by atoms with Crippen LogP contribution in [-0.4, -0.2) is 16.6 Å². The number of pyridine rings is 1. The molecule has 0 fully saturated rings. The van der Waals surface area contributed by atoms with E-state index < -0.39 is 0 Å². The number of azide groups is 1. The summed E-state index contributed by atoms with van der Waals surface area (Å²) in [6.07, 6.45) is 2.14. The van der Waals surface area contributed by atoms with E-state index in [9.17, 15) is 0 Å². The van der Waals surface area contributed by atoms with E-state index in [0.29, 0.717) is 18.7 Å². The molecule has 0 radical (unpaired) electrons. The smallest absolute Gasteiger partial charge is 0.0852 e. The highest BCUT2D eigenvalue weighted by Gasteiger charge is 1.90. The van der Waals surface area contributed by atoms with E-state index in [1.165, 1.54) is 0 Å². The number of nitrogens with zero attached hydrogens (tertiary/aromatic N) is 4. The fraction of sp³-hybridized carbons (Fsp3) is 0.300. The van der Waals surface area contributed by atoms with E-state index in [1.54, 1.807) is 18.3 Å². The van der Waals surface area contributed by atoms with Crippen LogP contribution in [0.1, 0.15) is 17.7 Å². The zero-order valence-corrected chi connectivity index (χ0v) is 8.09. The number of hydrogen-bond acceptors (Lipinski definition) is 3. The van der Waals surface area contributed by atoms with Crippen LogP contribution in [0.25, 0.3) is 10.4 Å². The average Bonchev–Trinajstić information content (AvgIpc) is 2.30. The van der Waals surface area contributed by atoms with Crippen LogP contribution in [0.3, 0.4) is 0 Å². The topological polar surface area (TPSA) is 81.9 Å². The monoisotopic (exact) mass is 202 g/mol. The van der Waals surface area contributed by atoms with Crippen LogP contribution < -0.4 is 0 Å². The summed E-state index contributed by atoms with van der Waals surface area (Å²) in [6, 6.07) is 3.51. The molecule has 0 aliphatic heterocycles. The first-order valence-electron chi connectivity index (χ1n) is 4.42. The minimum Gasteiger partial charge on any atom is -0.390 e. The van der Waals surface area contributed by atoms with Gasteiger partial charge in [-0.3, -0.25) is 4.98 Å². The third-order valence-electron chi connectivity index (χ3n) is 1.62. The first-order chi connectivity index (χ1) is 7.36. The Morgan fingerprint density at radius 2 is 2.40 bits per heavy atom. The van der Waals surface area contributed by atoms with Crippen LogP contribution in [0.15, 0.2) is 23.4 Å². The largest absolute Gasteiger partial charge is 0.390 e. The molecule has 1 N–H and O–H groups in total. The Hall–Kier alpha value is -2.02. The highest BCUT2D eigenvalue weighted by molar-refractivity contribution is 5.32. The first kappa shape index (κ1) is 11.1. The molecule has 1 heterocycles. The average molecular weight is 202 g/mol. The fourth-order valence-electron chi connectivity index (χ4n) is 0.907. The number of rotatable bonds is 3. The highest BCUT2D eigenvalue weighted by atomic mass is 16.3. The van der Waals surface area contributed by atoms with Crippen LogP contribution in [0.4, 0.5) is 0 Å². The molecule has 1 aromatic rings. The molecule has 1 aromatic heterocycles. The molecule has 5 heteroatoms. The molecule has 0 bridgehead atoms. The SMILES string of the molecule is [N-]=[N+]=NCCC#Cc1ccc(CO)nc1. The van der Waals surface area contributed by atoms with Crippen LogP contribution in [0.2, 0.25) is 0 Å². The Kier molecular flexibility index (Phi) is 4.74. The minimum atomic E-state index is -0.0649. The van der Waals surface area contributed by atoms with Gasteiger partial charge < -0.3 is 5.11 Å². The molecule has 5 nitrogen and oxygen atoms in total. The normalized spacial score (nSPS) is 8.60. The van der Waals surface area contributed by atoms with E-state index in [-0.39, 0.29) is 6.61 Å². The van der Waals surface area contributed by atoms with Crippen molar-refractivity contribution < 1.29 is 5.11 Å². The van der Waals surface area contributed by atoms with E-state index in [2.05, 4.69) is 26.9 Å². The molecule has 0 atom stereocenters. The van der Waals surface area contributed by atoms with Gasteiger partial charge in [0.1, 0.15) is 0 Å². The maximum atomic E-state index is 8.76. The molecule has 0 aromatic carbocycles. The van der Waals surface area contributed by atoms with Gasteiger partial charge in [0.25, 0.3) is 0 Å². The van der Waals surface area contributed by atoms with Crippen molar-refractivity contribution >= 4 is 0 Å². The number of hydrogen-bond donors (Lipinski definition) is 1. The first-order valence-corrected chi connectivity index (χ1v) is 4.42. The molecule has 15 heavy (non-hydrogen) atoms. The van der Waals surface area contributed by atoms with Crippen molar-refractivity contribution in [2.75, 3.05) is 6.54 Å². The lowest BCUT2D eigenvalue weighted by molar-refractivity contribution is 0.277. The van der Waals surface area contributed by atoms with Gasteiger partial charge in [-0.25, -0.2) is 0 Å². The molecule has 0 saturated carbocycles. The summed E-state index contributed by atoms with van der Waals surface area (Å²) in [7, 11) is 0. The highest BCUT2D eigenvalue weighted by Crippen LogP contribution is 1.98. The fourth-order valence-corrected chi connectivity index (χ4v) is 0.907. The van der Waals surface area contributed by atoms with Gasteiger partial charge in [0.2, 0.25) is 0 Å². The van der Waals surface area contributed by atoms with Crippen molar-refractivity contribution in [1.29, 1.82) is 0 Å². The van der Waals surface area contributed by atoms with Crippen LogP contribution in [-0.2, 0) is 6.61 Å². The predicted molar refractivity (Wildman–Crippen MR) is 55.7 cm³/mol. The van der Waals surface area contributed by atoms with Crippen molar-refractivity contribution in [3.63, 3.8) is 0 Å². The zero-order valence-electron chi connectivity index (χ0n) is 8.09. The molecule has 76 valence electrons. The third kappa shape index (κ3) is 4.14. The standard InChI is InChI=1S/C10H10N4O/c11-14-13-6-2-1-3-9-4-5-10(8-15)12-7-9/h4-5,7,15H,2,6,8H2. The second-order valence-corrected chi connectivity index (χ2v) is 2.70. The molecular weight excluding hydrogens is 192 g/mol. The van der Waals surface area contributed by atoms with Crippen molar-refractivity contribution in [3.05, 3.63) is 40.0 Å². The van der Waals surface area contributed by atoms with Gasteiger partial charge in [-0.15, -0.1) is 0 Å². The number of aliphatic hydroxyl groups is 1. The van der Waals surface area contributed by atoms with Crippen LogP contribution in [0.5, 0.6) is 0 Å². The van der Waals surface area contributed by atoms with Crippen molar-refractivity contribution in [2.45, 2.75) is 13.0 Å². The number of aliphatic hydroxyl groups excluding tert-OH is 1. The van der Waals surface area contributed by atoms with E-state index in [0.717, 1.165) is 5.56 Å². The van der Waals surface area contributed by atoms with Crippen molar-refractivity contribution in [1.82, 2.24) is 4.98 Å². The molecule has 0 amide bonds. The molecule has 0 aliphatic carbocycles. The van der Waals surface area contributed by atoms with E-state index >= 15 is 0 Å². The Morgan fingerprint density at radius 3 is 3.00 bits per heavy atom. The summed E-state index contributed by atoms with van der Waals surface area (Å²) in [5.41, 5.74) is 9.42. The quantitative estimate of drug-likeness (QED) is 0.265. The second-order valence-electron chi connectivity index (χ2n) is 2.70. The Bertz CT molecular complexity index is 409. The van der Waals surface area contributed by atoms with Gasteiger partial charge in [0, 0.05) is 29.6 Å². The summed E-state index contributed by atoms with van der Waals surface area (Å²) in [6.45, 7) is 0.316. The van der Waals surface area contributed by atoms with Gasteiger partial charge in [-0.05, 0) is 17.7 Å². The van der Waals surface area contributed by atoms with Crippen molar-refractivity contribution in [2.24, 2.45) is 5.11 Å². The van der Waals surface area contributed by atoms with E-state index in [1.807, 2.05) is 0 Å². The summed E-state index contributed by atoms with van der Waals surface area (Å²) >= 11 is 0. The molecule has 1 rings (SSSR count). The van der Waals surface area contributed by atoms with Gasteiger partial charge in [-0.1, -0.05) is 17.0 Å². The van der Waals surface area contributed by atoms with Crippen LogP contribution in [0, 0.1) is 11.8 Å². The van der Waals surface area contributed by atoms with Crippen LogP contribution >= 0.6 is 0 Å². The Balaban J connectivity index is 2.52. The summed E-state index contributed by atoms with van der Waals surface area (Å²) in [5.74, 6) is 5.73. The maximum absolute atomic E-state index is 8.76. The molecule has 0 saturated heterocycles. The minimum absolute atomic E-state index is 0.0649. The molecule has 0 aliphatic rings. The van der Waals surface area contributed by atoms with Gasteiger partial charge in [0.05, 0.1) is 12.3 Å². The summed E-state index contributed by atoms with van der Waals surface area (Å²) in [4.78, 5) is 6.60. The van der Waals surface area contributed by atoms with Crippen molar-refractivity contribution in [3.8, 4) is 11.8 Å². The Morgan fingerprint density at radius 1 is 1.53 bits per heavy atom. The Labute approximate surface area is 87.4 Å². The van der Waals surface area contributed by atoms with E-state index in [4.69, 9.17) is 10.6 Å². The van der Waals surface area contributed by atoms with Gasteiger partial charge in [-0.2, -0.15) is 0 Å². The summed E-state index contributed by atoms with van der Waals surface area (Å²) in [5, 5.41) is 12.1. The zero-order chi connectivity index (χ0) is 10.9. The molecule has 0 spiro atoms. The maximum Gasteiger partial charge on any atom is 0.0852 e. The molecule has 0 unspecified atom stereocenters. The summed E-state index contributed by atoms with van der Waals surface area (Å²) < 4.78 is 0. The second kappa shape index (κ2) is 6.44. The van der Waals surface area contributed by atoms with Gasteiger partial charge >= 0.3 is 0 Å². The third-order valence-corrected chi connectivity index (χ3v) is 1.62. The lowest BCUT2D eigenvalue weighted by Crippen LogP contribution is -1.88. The van der Waals surface area contributed by atoms with Gasteiger partial charge in [0.15, 0.2) is 0 Å². The lowest BCUT2D eigenvalue weighted by Gasteiger charge is -1.93. The predicted octanol–water partition coefficient (Wildman–Crippen LogP) is 1.63. The molecular formula is C10H10N4O. The number of aromatic nitrogens is 1.